The molecule has 86 valence electrons. The van der Waals surface area contributed by atoms with Gasteiger partial charge in [0.2, 0.25) is 0 Å². The molecule has 0 aliphatic rings. The molecule has 1 atom stereocenters. The van der Waals surface area contributed by atoms with E-state index < -0.39 is 8.77 Å². The molecule has 0 bridgehead atoms. The van der Waals surface area contributed by atoms with Gasteiger partial charge in [0.15, 0.2) is 8.77 Å². The van der Waals surface area contributed by atoms with E-state index in [1.54, 1.807) is 6.92 Å². The highest BCUT2D eigenvalue weighted by molar-refractivity contribution is 8.29. The minimum absolute atomic E-state index is 0.149. The van der Waals surface area contributed by atoms with E-state index in [9.17, 15) is 9.00 Å². The van der Waals surface area contributed by atoms with Crippen LogP contribution in [0.15, 0.2) is 41.3 Å². The second-order valence-corrected chi connectivity index (χ2v) is 6.01. The fourth-order valence-electron chi connectivity index (χ4n) is 0.948. The zero-order chi connectivity index (χ0) is 12.3. The summed E-state index contributed by atoms with van der Waals surface area (Å²) < 4.78 is 20.2. The van der Waals surface area contributed by atoms with Crippen LogP contribution in [0.5, 0.6) is 0 Å². The second-order valence-electron chi connectivity index (χ2n) is 3.23. The van der Waals surface area contributed by atoms with Crippen molar-refractivity contribution in [1.29, 1.82) is 0 Å². The van der Waals surface area contributed by atoms with Crippen LogP contribution < -0.4 is 5.32 Å². The zero-order valence-electron chi connectivity index (χ0n) is 8.60. The molecule has 0 radical (unpaired) electrons. The van der Waals surface area contributed by atoms with Crippen molar-refractivity contribution in [1.82, 2.24) is 0 Å². The molecule has 0 fully saturated rings. The van der Waals surface area contributed by atoms with Crippen LogP contribution in [-0.4, -0.2) is 14.7 Å². The molecule has 1 aromatic carbocycles. The average molecular weight is 257 g/mol. The van der Waals surface area contributed by atoms with E-state index in [1.165, 1.54) is 24.3 Å². The highest BCUT2D eigenvalue weighted by Crippen LogP contribution is 2.14. The third kappa shape index (κ3) is 3.41. The van der Waals surface area contributed by atoms with Gasteiger partial charge in [-0.25, -0.2) is 4.21 Å². The number of rotatable bonds is 3. The summed E-state index contributed by atoms with van der Waals surface area (Å²) in [6.07, 6.45) is 0. The van der Waals surface area contributed by atoms with Crippen LogP contribution in [0.2, 0.25) is 0 Å². The predicted molar refractivity (Wildman–Crippen MR) is 66.3 cm³/mol. The topological polar surface area (TPSA) is 66.4 Å². The number of amides is 1. The van der Waals surface area contributed by atoms with E-state index in [2.05, 4.69) is 23.1 Å². The summed E-state index contributed by atoms with van der Waals surface area (Å²) in [5.41, 5.74) is 0.911. The number of hydrogen-bond donors (Lipinski definition) is 2. The first kappa shape index (κ1) is 12.8. The standard InChI is InChI=1S/C10H11NO3S2/c1-7(2)10(12)11-8-3-5-9(6-4-8)16(13,14)15/h3-6H,1H2,2H3,(H,11,12)(H,13,14,15). The Hall–Kier alpha value is -1.24. The van der Waals surface area contributed by atoms with E-state index in [0.717, 1.165) is 0 Å². The molecule has 1 aromatic rings. The molecule has 1 rings (SSSR count). The lowest BCUT2D eigenvalue weighted by Crippen LogP contribution is -2.11. The lowest BCUT2D eigenvalue weighted by molar-refractivity contribution is -0.112. The molecule has 0 saturated carbocycles. The Morgan fingerprint density at radius 3 is 2.31 bits per heavy atom. The van der Waals surface area contributed by atoms with Crippen LogP contribution in [0.1, 0.15) is 6.92 Å². The lowest BCUT2D eigenvalue weighted by Gasteiger charge is -2.05. The SMILES string of the molecule is C=C(C)C(=O)Nc1ccc(S(=O)(O)=S)cc1. The van der Waals surface area contributed by atoms with Crippen molar-refractivity contribution in [2.45, 2.75) is 11.8 Å². The molecule has 4 nitrogen and oxygen atoms in total. The second kappa shape index (κ2) is 4.73. The van der Waals surface area contributed by atoms with Crippen molar-refractivity contribution in [3.8, 4) is 0 Å². The molecule has 2 N–H and O–H groups in total. The van der Waals surface area contributed by atoms with Crippen molar-refractivity contribution in [2.24, 2.45) is 0 Å². The van der Waals surface area contributed by atoms with Crippen molar-refractivity contribution < 1.29 is 13.6 Å². The number of anilines is 1. The third-order valence-corrected chi connectivity index (χ3v) is 3.24. The quantitative estimate of drug-likeness (QED) is 0.810. The molecule has 0 aliphatic carbocycles. The third-order valence-electron chi connectivity index (χ3n) is 1.80. The van der Waals surface area contributed by atoms with Gasteiger partial charge in [-0.15, -0.1) is 0 Å². The molecular formula is C10H11NO3S2. The van der Waals surface area contributed by atoms with Crippen molar-refractivity contribution in [3.05, 3.63) is 36.4 Å². The van der Waals surface area contributed by atoms with Crippen molar-refractivity contribution in [3.63, 3.8) is 0 Å². The fraction of sp³-hybridized carbons (Fsp3) is 0.100. The molecule has 1 amide bonds. The summed E-state index contributed by atoms with van der Waals surface area (Å²) in [4.78, 5) is 11.4. The van der Waals surface area contributed by atoms with Gasteiger partial charge in [0.05, 0.1) is 4.90 Å². The van der Waals surface area contributed by atoms with Crippen LogP contribution in [0.25, 0.3) is 0 Å². The van der Waals surface area contributed by atoms with Crippen LogP contribution in [0, 0.1) is 0 Å². The first-order chi connectivity index (χ1) is 7.30. The fourth-order valence-corrected chi connectivity index (χ4v) is 1.76. The molecule has 0 heterocycles. The van der Waals surface area contributed by atoms with Gasteiger partial charge in [0, 0.05) is 22.4 Å². The van der Waals surface area contributed by atoms with Crippen LogP contribution in [0.4, 0.5) is 5.69 Å². The highest BCUT2D eigenvalue weighted by atomic mass is 32.8. The smallest absolute Gasteiger partial charge is 0.250 e. The maximum absolute atomic E-state index is 11.3. The Kier molecular flexibility index (Phi) is 3.79. The Morgan fingerprint density at radius 2 is 1.94 bits per heavy atom. The van der Waals surface area contributed by atoms with E-state index in [4.69, 9.17) is 4.55 Å². The number of hydrogen-bond acceptors (Lipinski definition) is 3. The van der Waals surface area contributed by atoms with Crippen LogP contribution >= 0.6 is 0 Å². The van der Waals surface area contributed by atoms with Gasteiger partial charge in [-0.2, -0.15) is 0 Å². The molecule has 0 aromatic heterocycles. The van der Waals surface area contributed by atoms with Crippen LogP contribution in [-0.2, 0) is 24.8 Å². The van der Waals surface area contributed by atoms with Gasteiger partial charge in [0.1, 0.15) is 0 Å². The molecule has 0 aliphatic heterocycles. The number of nitrogens with one attached hydrogen (secondary N) is 1. The van der Waals surface area contributed by atoms with Crippen molar-refractivity contribution in [2.75, 3.05) is 5.32 Å². The van der Waals surface area contributed by atoms with E-state index in [0.29, 0.717) is 11.3 Å². The molecule has 6 heteroatoms. The Labute approximate surface area is 98.9 Å². The summed E-state index contributed by atoms with van der Waals surface area (Å²) in [5, 5.41) is 2.57. The van der Waals surface area contributed by atoms with E-state index in [-0.39, 0.29) is 10.8 Å². The Balaban J connectivity index is 2.88. The molecule has 16 heavy (non-hydrogen) atoms. The lowest BCUT2D eigenvalue weighted by atomic mass is 10.3. The molecule has 0 spiro atoms. The van der Waals surface area contributed by atoms with Crippen molar-refractivity contribution >= 4 is 31.6 Å². The van der Waals surface area contributed by atoms with E-state index >= 15 is 0 Å². The largest absolute Gasteiger partial charge is 0.322 e. The minimum atomic E-state index is -3.36. The van der Waals surface area contributed by atoms with Gasteiger partial charge in [0.25, 0.3) is 5.91 Å². The van der Waals surface area contributed by atoms with E-state index in [1.807, 2.05) is 0 Å². The summed E-state index contributed by atoms with van der Waals surface area (Å²) >= 11 is 4.41. The number of benzene rings is 1. The van der Waals surface area contributed by atoms with Gasteiger partial charge in [-0.1, -0.05) is 6.58 Å². The molecular weight excluding hydrogens is 246 g/mol. The van der Waals surface area contributed by atoms with Gasteiger partial charge >= 0.3 is 0 Å². The Bertz CT molecular complexity index is 518. The normalized spacial score (nSPS) is 13.9. The number of carbonyl (C=O) groups excluding carboxylic acids is 1. The Morgan fingerprint density at radius 1 is 1.44 bits per heavy atom. The predicted octanol–water partition coefficient (Wildman–Crippen LogP) is 1.78. The maximum atomic E-state index is 11.3. The summed E-state index contributed by atoms with van der Waals surface area (Å²) in [6, 6.07) is 5.84. The van der Waals surface area contributed by atoms with Crippen LogP contribution in [0.3, 0.4) is 0 Å². The van der Waals surface area contributed by atoms with Gasteiger partial charge < -0.3 is 9.87 Å². The monoisotopic (exact) mass is 257 g/mol. The summed E-state index contributed by atoms with van der Waals surface area (Å²) in [7, 11) is -3.36. The summed E-state index contributed by atoms with van der Waals surface area (Å²) in [5.74, 6) is -0.296. The number of carbonyl (C=O) groups is 1. The maximum Gasteiger partial charge on any atom is 0.250 e. The first-order valence-corrected chi connectivity index (χ1v) is 6.79. The first-order valence-electron chi connectivity index (χ1n) is 4.35. The minimum Gasteiger partial charge on any atom is -0.322 e. The summed E-state index contributed by atoms with van der Waals surface area (Å²) in [6.45, 7) is 5.08. The zero-order valence-corrected chi connectivity index (χ0v) is 10.2. The molecule has 1 unspecified atom stereocenters. The van der Waals surface area contributed by atoms with Gasteiger partial charge in [-0.3, -0.25) is 4.79 Å². The average Bonchev–Trinajstić information content (AvgIpc) is 2.17. The molecule has 0 saturated heterocycles. The highest BCUT2D eigenvalue weighted by Gasteiger charge is 2.06. The van der Waals surface area contributed by atoms with Gasteiger partial charge in [-0.05, 0) is 31.2 Å².